The zero-order valence-corrected chi connectivity index (χ0v) is 10.2. The molecule has 0 spiro atoms. The maximum absolute atomic E-state index is 8.91. The van der Waals surface area contributed by atoms with Gasteiger partial charge in [0.25, 0.3) is 0 Å². The Kier molecular flexibility index (Phi) is 3.30. The highest BCUT2D eigenvalue weighted by Crippen LogP contribution is 2.35. The van der Waals surface area contributed by atoms with Gasteiger partial charge in [-0.25, -0.2) is 0 Å². The van der Waals surface area contributed by atoms with E-state index in [1.807, 2.05) is 6.07 Å². The fraction of sp³-hybridized carbons (Fsp3) is 0. The molecule has 1 aromatic heterocycles. The third kappa shape index (κ3) is 2.12. The molecule has 0 aliphatic heterocycles. The molecule has 6 heteroatoms. The fourth-order valence-corrected chi connectivity index (χ4v) is 2.24. The molecular formula is C10H5Cl2N3S. The number of halogens is 2. The molecule has 0 aliphatic carbocycles. The lowest BCUT2D eigenvalue weighted by molar-refractivity contribution is 1.47. The molecule has 0 bridgehead atoms. The first-order valence-corrected chi connectivity index (χ1v) is 5.82. The normalized spacial score (nSPS) is 9.81. The van der Waals surface area contributed by atoms with Crippen LogP contribution in [-0.2, 0) is 0 Å². The van der Waals surface area contributed by atoms with Gasteiger partial charge in [-0.3, -0.25) is 0 Å². The predicted octanol–water partition coefficient (Wildman–Crippen LogP) is 4.07. The van der Waals surface area contributed by atoms with Crippen LogP contribution in [0.5, 0.6) is 0 Å². The number of hydrogen-bond donors (Lipinski definition) is 1. The predicted molar refractivity (Wildman–Crippen MR) is 66.6 cm³/mol. The summed E-state index contributed by atoms with van der Waals surface area (Å²) < 4.78 is 3.90. The van der Waals surface area contributed by atoms with Crippen LogP contribution in [0.25, 0.3) is 0 Å². The van der Waals surface area contributed by atoms with Crippen LogP contribution in [0.1, 0.15) is 5.56 Å². The first-order chi connectivity index (χ1) is 7.72. The molecule has 1 heterocycles. The Morgan fingerprint density at radius 1 is 1.31 bits per heavy atom. The molecule has 0 aliphatic rings. The number of benzene rings is 1. The number of nitrogens with zero attached hydrogens (tertiary/aromatic N) is 2. The molecule has 0 fully saturated rings. The Balaban J connectivity index is 2.35. The van der Waals surface area contributed by atoms with Gasteiger partial charge in [-0.2, -0.15) is 9.64 Å². The Morgan fingerprint density at radius 3 is 2.69 bits per heavy atom. The number of nitrogens with one attached hydrogen (secondary N) is 1. The third-order valence-corrected chi connectivity index (χ3v) is 3.61. The topological polar surface area (TPSA) is 48.7 Å². The fourth-order valence-electron chi connectivity index (χ4n) is 1.15. The Morgan fingerprint density at radius 2 is 2.06 bits per heavy atom. The lowest BCUT2D eigenvalue weighted by Gasteiger charge is -2.04. The SMILES string of the molecule is N#Cc1ccccc1Nc1snc(Cl)c1Cl. The first kappa shape index (κ1) is 11.2. The van der Waals surface area contributed by atoms with Crippen LogP contribution in [-0.4, -0.2) is 4.37 Å². The van der Waals surface area contributed by atoms with Crippen molar-refractivity contribution >= 4 is 45.4 Å². The molecule has 2 rings (SSSR count). The van der Waals surface area contributed by atoms with Crippen molar-refractivity contribution in [3.05, 3.63) is 40.0 Å². The van der Waals surface area contributed by atoms with Crippen LogP contribution in [0.15, 0.2) is 24.3 Å². The van der Waals surface area contributed by atoms with Crippen LogP contribution in [0, 0.1) is 11.3 Å². The van der Waals surface area contributed by atoms with E-state index in [1.54, 1.807) is 18.2 Å². The van der Waals surface area contributed by atoms with Crippen molar-refractivity contribution in [2.24, 2.45) is 0 Å². The number of anilines is 2. The molecule has 0 atom stereocenters. The van der Waals surface area contributed by atoms with E-state index in [1.165, 1.54) is 0 Å². The Hall–Kier alpha value is -1.28. The van der Waals surface area contributed by atoms with Gasteiger partial charge in [0.2, 0.25) is 0 Å². The number of aromatic nitrogens is 1. The minimum absolute atomic E-state index is 0.267. The maximum atomic E-state index is 8.91. The highest BCUT2D eigenvalue weighted by molar-refractivity contribution is 7.11. The van der Waals surface area contributed by atoms with Crippen LogP contribution in [0.2, 0.25) is 10.2 Å². The van der Waals surface area contributed by atoms with Crippen LogP contribution >= 0.6 is 34.7 Å². The minimum Gasteiger partial charge on any atom is -0.344 e. The van der Waals surface area contributed by atoms with E-state index < -0.39 is 0 Å². The van der Waals surface area contributed by atoms with Gasteiger partial charge in [0, 0.05) is 0 Å². The smallest absolute Gasteiger partial charge is 0.163 e. The summed E-state index contributed by atoms with van der Waals surface area (Å²) in [5, 5.41) is 13.2. The van der Waals surface area contributed by atoms with Crippen molar-refractivity contribution in [3.8, 4) is 6.07 Å². The van der Waals surface area contributed by atoms with Crippen molar-refractivity contribution in [1.29, 1.82) is 5.26 Å². The van der Waals surface area contributed by atoms with Gasteiger partial charge in [-0.05, 0) is 23.7 Å². The summed E-state index contributed by atoms with van der Waals surface area (Å²) in [6.45, 7) is 0. The standard InChI is InChI=1S/C10H5Cl2N3S/c11-8-9(12)15-16-10(8)14-7-4-2-1-3-6(7)5-13/h1-4,14H. The van der Waals surface area contributed by atoms with E-state index in [-0.39, 0.29) is 5.15 Å². The highest BCUT2D eigenvalue weighted by Gasteiger charge is 2.11. The van der Waals surface area contributed by atoms with Gasteiger partial charge in [0.1, 0.15) is 16.1 Å². The summed E-state index contributed by atoms with van der Waals surface area (Å²) in [5.41, 5.74) is 1.23. The molecule has 2 aromatic rings. The van der Waals surface area contributed by atoms with E-state index in [0.717, 1.165) is 11.5 Å². The zero-order valence-electron chi connectivity index (χ0n) is 7.87. The van der Waals surface area contributed by atoms with E-state index in [9.17, 15) is 0 Å². The molecule has 0 amide bonds. The summed E-state index contributed by atoms with van der Waals surface area (Å²) in [6.07, 6.45) is 0. The Labute approximate surface area is 106 Å². The molecule has 1 N–H and O–H groups in total. The first-order valence-electron chi connectivity index (χ1n) is 4.29. The number of hydrogen-bond acceptors (Lipinski definition) is 4. The van der Waals surface area contributed by atoms with Crippen molar-refractivity contribution in [2.45, 2.75) is 0 Å². The molecule has 16 heavy (non-hydrogen) atoms. The molecule has 80 valence electrons. The average molecular weight is 270 g/mol. The Bertz CT molecular complexity index is 559. The maximum Gasteiger partial charge on any atom is 0.163 e. The van der Waals surface area contributed by atoms with E-state index in [4.69, 9.17) is 28.5 Å². The molecular weight excluding hydrogens is 265 g/mol. The van der Waals surface area contributed by atoms with Crippen LogP contribution in [0.4, 0.5) is 10.7 Å². The summed E-state index contributed by atoms with van der Waals surface area (Å²) >= 11 is 12.8. The molecule has 0 saturated carbocycles. The van der Waals surface area contributed by atoms with Gasteiger partial charge in [0.05, 0.1) is 11.3 Å². The van der Waals surface area contributed by atoms with E-state index in [0.29, 0.717) is 21.3 Å². The highest BCUT2D eigenvalue weighted by atomic mass is 35.5. The van der Waals surface area contributed by atoms with Crippen molar-refractivity contribution < 1.29 is 0 Å². The van der Waals surface area contributed by atoms with Crippen molar-refractivity contribution in [1.82, 2.24) is 4.37 Å². The summed E-state index contributed by atoms with van der Waals surface area (Å²) in [5.74, 6) is 0. The van der Waals surface area contributed by atoms with Crippen LogP contribution < -0.4 is 5.32 Å². The molecule has 0 saturated heterocycles. The summed E-state index contributed by atoms with van der Waals surface area (Å²) in [6, 6.07) is 9.23. The van der Waals surface area contributed by atoms with Gasteiger partial charge in [-0.15, -0.1) is 0 Å². The second-order valence-corrected chi connectivity index (χ2v) is 4.41. The monoisotopic (exact) mass is 269 g/mol. The van der Waals surface area contributed by atoms with Gasteiger partial charge >= 0.3 is 0 Å². The quantitative estimate of drug-likeness (QED) is 0.894. The molecule has 3 nitrogen and oxygen atoms in total. The van der Waals surface area contributed by atoms with Crippen molar-refractivity contribution in [2.75, 3.05) is 5.32 Å². The molecule has 0 unspecified atom stereocenters. The number of para-hydroxylation sites is 1. The zero-order chi connectivity index (χ0) is 11.5. The largest absolute Gasteiger partial charge is 0.344 e. The lowest BCUT2D eigenvalue weighted by atomic mass is 10.2. The molecule has 1 aromatic carbocycles. The van der Waals surface area contributed by atoms with Gasteiger partial charge in [-0.1, -0.05) is 35.3 Å². The summed E-state index contributed by atoms with van der Waals surface area (Å²) in [4.78, 5) is 0. The second kappa shape index (κ2) is 4.71. The number of rotatable bonds is 2. The van der Waals surface area contributed by atoms with Crippen LogP contribution in [0.3, 0.4) is 0 Å². The van der Waals surface area contributed by atoms with Gasteiger partial charge in [0.15, 0.2) is 5.15 Å². The lowest BCUT2D eigenvalue weighted by Crippen LogP contribution is -1.91. The minimum atomic E-state index is 0.267. The summed E-state index contributed by atoms with van der Waals surface area (Å²) in [7, 11) is 0. The average Bonchev–Trinajstić information content (AvgIpc) is 2.62. The second-order valence-electron chi connectivity index (χ2n) is 2.90. The third-order valence-electron chi connectivity index (χ3n) is 1.89. The molecule has 0 radical (unpaired) electrons. The van der Waals surface area contributed by atoms with Crippen molar-refractivity contribution in [3.63, 3.8) is 0 Å². The van der Waals surface area contributed by atoms with E-state index in [2.05, 4.69) is 15.8 Å². The van der Waals surface area contributed by atoms with E-state index >= 15 is 0 Å². The van der Waals surface area contributed by atoms with Gasteiger partial charge < -0.3 is 5.32 Å². The number of nitriles is 1.